The minimum absolute atomic E-state index is 0.364. The number of methoxy groups -OCH3 is 1. The Bertz CT molecular complexity index is 493. The maximum atomic E-state index is 11.3. The van der Waals surface area contributed by atoms with Crippen molar-refractivity contribution in [3.63, 3.8) is 0 Å². The molecule has 0 saturated heterocycles. The zero-order chi connectivity index (χ0) is 10.1. The molecule has 0 bridgehead atoms. The molecule has 0 aromatic carbocycles. The third-order valence-corrected chi connectivity index (χ3v) is 2.22. The van der Waals surface area contributed by atoms with Gasteiger partial charge in [-0.1, -0.05) is 11.6 Å². The van der Waals surface area contributed by atoms with E-state index < -0.39 is 5.97 Å². The maximum Gasteiger partial charge on any atom is 0.355 e. The molecular formula is C9H7ClN2O2. The quantitative estimate of drug-likeness (QED) is 0.674. The summed E-state index contributed by atoms with van der Waals surface area (Å²) >= 11 is 5.83. The number of nitrogens with zero attached hydrogens (tertiary/aromatic N) is 2. The van der Waals surface area contributed by atoms with Gasteiger partial charge in [0.15, 0.2) is 5.15 Å². The molecule has 2 rings (SSSR count). The van der Waals surface area contributed by atoms with E-state index in [1.165, 1.54) is 13.3 Å². The lowest BCUT2D eigenvalue weighted by Gasteiger charge is -2.00. The fourth-order valence-electron chi connectivity index (χ4n) is 1.28. The molecular weight excluding hydrogens is 204 g/mol. The molecule has 2 aromatic rings. The Morgan fingerprint density at radius 1 is 1.57 bits per heavy atom. The largest absolute Gasteiger partial charge is 0.464 e. The number of halogens is 1. The molecule has 0 radical (unpaired) electrons. The van der Waals surface area contributed by atoms with Crippen LogP contribution in [0.1, 0.15) is 10.5 Å². The fraction of sp³-hybridized carbons (Fsp3) is 0.111. The molecule has 14 heavy (non-hydrogen) atoms. The van der Waals surface area contributed by atoms with Crippen molar-refractivity contribution in [1.29, 1.82) is 0 Å². The first-order valence-corrected chi connectivity index (χ1v) is 4.31. The molecule has 0 atom stereocenters. The summed E-state index contributed by atoms with van der Waals surface area (Å²) < 4.78 is 6.26. The number of rotatable bonds is 1. The highest BCUT2D eigenvalue weighted by Crippen LogP contribution is 2.17. The zero-order valence-electron chi connectivity index (χ0n) is 7.40. The molecule has 5 heteroatoms. The van der Waals surface area contributed by atoms with Gasteiger partial charge in [0.25, 0.3) is 0 Å². The number of esters is 1. The predicted octanol–water partition coefficient (Wildman–Crippen LogP) is 1.77. The van der Waals surface area contributed by atoms with E-state index in [4.69, 9.17) is 11.6 Å². The minimum Gasteiger partial charge on any atom is -0.464 e. The highest BCUT2D eigenvalue weighted by molar-refractivity contribution is 6.32. The van der Waals surface area contributed by atoms with Crippen molar-refractivity contribution in [3.8, 4) is 0 Å². The standard InChI is InChI=1S/C9H7ClN2O2/c1-14-9(13)7-3-2-6-8(10)11-4-5-12(6)7/h2-5H,1H3. The van der Waals surface area contributed by atoms with Gasteiger partial charge >= 0.3 is 5.97 Å². The topological polar surface area (TPSA) is 43.6 Å². The van der Waals surface area contributed by atoms with Crippen molar-refractivity contribution in [2.45, 2.75) is 0 Å². The lowest BCUT2D eigenvalue weighted by atomic mass is 10.4. The Morgan fingerprint density at radius 3 is 3.07 bits per heavy atom. The Kier molecular flexibility index (Phi) is 2.13. The SMILES string of the molecule is COC(=O)c1ccc2c(Cl)nccn12. The third kappa shape index (κ3) is 1.24. The van der Waals surface area contributed by atoms with Gasteiger partial charge in [-0.05, 0) is 12.1 Å². The lowest BCUT2D eigenvalue weighted by Crippen LogP contribution is -2.05. The van der Waals surface area contributed by atoms with Crippen molar-refractivity contribution in [2.75, 3.05) is 7.11 Å². The summed E-state index contributed by atoms with van der Waals surface area (Å²) in [5.41, 5.74) is 1.13. The van der Waals surface area contributed by atoms with Crippen molar-refractivity contribution in [1.82, 2.24) is 9.38 Å². The summed E-state index contributed by atoms with van der Waals surface area (Å²) in [6.45, 7) is 0. The molecule has 0 saturated carbocycles. The summed E-state index contributed by atoms with van der Waals surface area (Å²) in [5, 5.41) is 0.364. The predicted molar refractivity (Wildman–Crippen MR) is 51.5 cm³/mol. The van der Waals surface area contributed by atoms with Crippen molar-refractivity contribution in [3.05, 3.63) is 35.4 Å². The minimum atomic E-state index is -0.396. The molecule has 72 valence electrons. The summed E-state index contributed by atoms with van der Waals surface area (Å²) in [5.74, 6) is -0.396. The normalized spacial score (nSPS) is 10.4. The van der Waals surface area contributed by atoms with Gasteiger partial charge in [0.2, 0.25) is 0 Å². The second-order valence-electron chi connectivity index (χ2n) is 2.68. The molecule has 0 aliphatic heterocycles. The van der Waals surface area contributed by atoms with Gasteiger partial charge in [-0.3, -0.25) is 0 Å². The summed E-state index contributed by atoms with van der Waals surface area (Å²) in [4.78, 5) is 15.2. The highest BCUT2D eigenvalue weighted by atomic mass is 35.5. The molecule has 0 aliphatic rings. The smallest absolute Gasteiger partial charge is 0.355 e. The second kappa shape index (κ2) is 3.31. The number of aromatic nitrogens is 2. The van der Waals surface area contributed by atoms with E-state index in [9.17, 15) is 4.79 Å². The number of carbonyl (C=O) groups is 1. The van der Waals surface area contributed by atoms with E-state index in [-0.39, 0.29) is 0 Å². The van der Waals surface area contributed by atoms with E-state index in [1.807, 2.05) is 0 Å². The zero-order valence-corrected chi connectivity index (χ0v) is 8.15. The van der Waals surface area contributed by atoms with Crippen LogP contribution in [0, 0.1) is 0 Å². The highest BCUT2D eigenvalue weighted by Gasteiger charge is 2.11. The van der Waals surface area contributed by atoms with Gasteiger partial charge in [-0.25, -0.2) is 9.78 Å². The van der Waals surface area contributed by atoms with E-state index in [2.05, 4.69) is 9.72 Å². The Morgan fingerprint density at radius 2 is 2.36 bits per heavy atom. The van der Waals surface area contributed by atoms with E-state index >= 15 is 0 Å². The van der Waals surface area contributed by atoms with Crippen LogP contribution in [-0.4, -0.2) is 22.5 Å². The van der Waals surface area contributed by atoms with Crippen LogP contribution in [0.15, 0.2) is 24.5 Å². The van der Waals surface area contributed by atoms with E-state index in [0.717, 1.165) is 0 Å². The third-order valence-electron chi connectivity index (χ3n) is 1.93. The lowest BCUT2D eigenvalue weighted by molar-refractivity contribution is 0.0593. The Balaban J connectivity index is 2.70. The average molecular weight is 211 g/mol. The number of carbonyl (C=O) groups excluding carboxylic acids is 1. The van der Waals surface area contributed by atoms with Gasteiger partial charge in [-0.15, -0.1) is 0 Å². The van der Waals surface area contributed by atoms with Crippen LogP contribution in [-0.2, 0) is 4.74 Å². The van der Waals surface area contributed by atoms with Gasteiger partial charge in [0, 0.05) is 12.4 Å². The van der Waals surface area contributed by atoms with Gasteiger partial charge in [0.1, 0.15) is 5.69 Å². The average Bonchev–Trinajstić information content (AvgIpc) is 2.62. The monoisotopic (exact) mass is 210 g/mol. The van der Waals surface area contributed by atoms with Crippen LogP contribution in [0.4, 0.5) is 0 Å². The maximum absolute atomic E-state index is 11.3. The fourth-order valence-corrected chi connectivity index (χ4v) is 1.49. The molecule has 0 aliphatic carbocycles. The summed E-state index contributed by atoms with van der Waals surface area (Å²) in [6.07, 6.45) is 3.19. The van der Waals surface area contributed by atoms with Gasteiger partial charge < -0.3 is 9.14 Å². The molecule has 4 nitrogen and oxygen atoms in total. The van der Waals surface area contributed by atoms with Crippen LogP contribution >= 0.6 is 11.6 Å². The number of ether oxygens (including phenoxy) is 1. The van der Waals surface area contributed by atoms with Crippen LogP contribution in [0.2, 0.25) is 5.15 Å². The van der Waals surface area contributed by atoms with Crippen molar-refractivity contribution < 1.29 is 9.53 Å². The summed E-state index contributed by atoms with van der Waals surface area (Å²) in [6, 6.07) is 3.37. The molecule has 0 spiro atoms. The number of hydrogen-bond acceptors (Lipinski definition) is 3. The first-order valence-electron chi connectivity index (χ1n) is 3.94. The van der Waals surface area contributed by atoms with E-state index in [0.29, 0.717) is 16.4 Å². The summed E-state index contributed by atoms with van der Waals surface area (Å²) in [7, 11) is 1.34. The van der Waals surface area contributed by atoms with Crippen LogP contribution in [0.25, 0.3) is 5.52 Å². The molecule has 0 N–H and O–H groups in total. The van der Waals surface area contributed by atoms with Crippen LogP contribution in [0.5, 0.6) is 0 Å². The van der Waals surface area contributed by atoms with Crippen molar-refractivity contribution in [2.24, 2.45) is 0 Å². The number of fused-ring (bicyclic) bond motifs is 1. The molecule has 0 fully saturated rings. The number of hydrogen-bond donors (Lipinski definition) is 0. The Labute approximate surface area is 85.1 Å². The van der Waals surface area contributed by atoms with E-state index in [1.54, 1.807) is 22.7 Å². The van der Waals surface area contributed by atoms with Gasteiger partial charge in [0.05, 0.1) is 12.6 Å². The molecule has 2 heterocycles. The van der Waals surface area contributed by atoms with Crippen LogP contribution < -0.4 is 0 Å². The van der Waals surface area contributed by atoms with Gasteiger partial charge in [-0.2, -0.15) is 0 Å². The molecule has 0 unspecified atom stereocenters. The first kappa shape index (κ1) is 9.02. The molecule has 0 amide bonds. The first-order chi connectivity index (χ1) is 6.74. The molecule has 2 aromatic heterocycles. The van der Waals surface area contributed by atoms with Crippen molar-refractivity contribution >= 4 is 23.1 Å². The Hall–Kier alpha value is -1.55. The van der Waals surface area contributed by atoms with Crippen LogP contribution in [0.3, 0.4) is 0 Å². The second-order valence-corrected chi connectivity index (χ2v) is 3.04.